The van der Waals surface area contributed by atoms with Crippen LogP contribution in [0.25, 0.3) is 0 Å². The molecule has 0 radical (unpaired) electrons. The van der Waals surface area contributed by atoms with Gasteiger partial charge in [-0.2, -0.15) is 0 Å². The quantitative estimate of drug-likeness (QED) is 0.719. The van der Waals surface area contributed by atoms with Gasteiger partial charge in [0.1, 0.15) is 0 Å². The Balaban J connectivity index is 1.86. The van der Waals surface area contributed by atoms with Crippen molar-refractivity contribution in [3.8, 4) is 0 Å². The zero-order valence-corrected chi connectivity index (χ0v) is 17.8. The minimum absolute atomic E-state index is 0.00362. The molecule has 2 aromatic rings. The largest absolute Gasteiger partial charge is 0.350 e. The summed E-state index contributed by atoms with van der Waals surface area (Å²) in [7, 11) is 1.70. The summed E-state index contributed by atoms with van der Waals surface area (Å²) >= 11 is 0. The molecular formula is C23H28N4O3. The van der Waals surface area contributed by atoms with Crippen LogP contribution >= 0.6 is 0 Å². The molecule has 30 heavy (non-hydrogen) atoms. The van der Waals surface area contributed by atoms with Gasteiger partial charge in [0.05, 0.1) is 13.2 Å². The van der Waals surface area contributed by atoms with E-state index in [0.29, 0.717) is 11.1 Å². The Labute approximate surface area is 177 Å². The summed E-state index contributed by atoms with van der Waals surface area (Å²) in [5, 5.41) is 5.79. The maximum absolute atomic E-state index is 13.6. The first-order valence-corrected chi connectivity index (χ1v) is 9.88. The van der Waals surface area contributed by atoms with Gasteiger partial charge in [-0.3, -0.25) is 14.5 Å². The Bertz CT molecular complexity index is 883. The summed E-state index contributed by atoms with van der Waals surface area (Å²) in [6.45, 7) is 5.77. The fourth-order valence-corrected chi connectivity index (χ4v) is 3.63. The van der Waals surface area contributed by atoms with Gasteiger partial charge in [-0.15, -0.1) is 0 Å². The van der Waals surface area contributed by atoms with Gasteiger partial charge < -0.3 is 10.6 Å². The van der Waals surface area contributed by atoms with Crippen LogP contribution < -0.4 is 10.6 Å². The number of nitrogens with zero attached hydrogens (tertiary/aromatic N) is 2. The molecule has 1 saturated heterocycles. The van der Waals surface area contributed by atoms with Gasteiger partial charge in [0.2, 0.25) is 5.91 Å². The molecule has 2 N–H and O–H groups in total. The first kappa shape index (κ1) is 21.5. The maximum atomic E-state index is 13.6. The van der Waals surface area contributed by atoms with Crippen molar-refractivity contribution < 1.29 is 14.4 Å². The van der Waals surface area contributed by atoms with E-state index in [0.717, 1.165) is 4.90 Å². The lowest BCUT2D eigenvalue weighted by Gasteiger charge is -2.29. The van der Waals surface area contributed by atoms with Gasteiger partial charge in [0.25, 0.3) is 5.91 Å². The van der Waals surface area contributed by atoms with Crippen LogP contribution in [0, 0.1) is 0 Å². The Morgan fingerprint density at radius 3 is 1.97 bits per heavy atom. The summed E-state index contributed by atoms with van der Waals surface area (Å²) in [5.74, 6) is -0.539. The van der Waals surface area contributed by atoms with Crippen molar-refractivity contribution in [2.75, 3.05) is 20.3 Å². The van der Waals surface area contributed by atoms with Crippen LogP contribution in [0.4, 0.5) is 4.79 Å². The van der Waals surface area contributed by atoms with Gasteiger partial charge >= 0.3 is 6.03 Å². The lowest BCUT2D eigenvalue weighted by atomic mass is 9.83. The number of imide groups is 1. The van der Waals surface area contributed by atoms with E-state index in [4.69, 9.17) is 0 Å². The molecule has 0 saturated carbocycles. The van der Waals surface area contributed by atoms with E-state index in [-0.39, 0.29) is 30.6 Å². The Hall–Kier alpha value is -3.19. The summed E-state index contributed by atoms with van der Waals surface area (Å²) < 4.78 is 0. The summed E-state index contributed by atoms with van der Waals surface area (Å²) in [4.78, 5) is 41.5. The molecule has 1 fully saturated rings. The van der Waals surface area contributed by atoms with Gasteiger partial charge in [-0.05, 0) is 38.9 Å². The summed E-state index contributed by atoms with van der Waals surface area (Å²) in [5.41, 5.74) is -0.279. The van der Waals surface area contributed by atoms with Crippen molar-refractivity contribution in [1.82, 2.24) is 20.4 Å². The molecule has 3 rings (SSSR count). The van der Waals surface area contributed by atoms with Crippen molar-refractivity contribution in [2.24, 2.45) is 0 Å². The van der Waals surface area contributed by atoms with Gasteiger partial charge in [0.15, 0.2) is 5.54 Å². The molecule has 0 atom stereocenters. The van der Waals surface area contributed by atoms with E-state index in [1.807, 2.05) is 81.4 Å². The SMILES string of the molecule is CN(CC(=O)NC(C)(C)C)CN1C(=O)NC(c2ccccc2)(c2ccccc2)C1=O. The second kappa shape index (κ2) is 8.28. The molecule has 1 aliphatic heterocycles. The number of carbonyl (C=O) groups excluding carboxylic acids is 3. The Morgan fingerprint density at radius 2 is 1.50 bits per heavy atom. The van der Waals surface area contributed by atoms with Crippen LogP contribution in [0.3, 0.4) is 0 Å². The average molecular weight is 409 g/mol. The Morgan fingerprint density at radius 1 is 1.00 bits per heavy atom. The summed E-state index contributed by atoms with van der Waals surface area (Å²) in [6, 6.07) is 17.9. The topological polar surface area (TPSA) is 81.8 Å². The van der Waals surface area contributed by atoms with E-state index >= 15 is 0 Å². The number of urea groups is 1. The average Bonchev–Trinajstić information content (AvgIpc) is 2.93. The second-order valence-electron chi connectivity index (χ2n) is 8.60. The van der Waals surface area contributed by atoms with Crippen molar-refractivity contribution in [2.45, 2.75) is 31.8 Å². The smallest absolute Gasteiger partial charge is 0.326 e. The molecule has 0 aliphatic carbocycles. The van der Waals surface area contributed by atoms with E-state index < -0.39 is 11.6 Å². The van der Waals surface area contributed by atoms with Crippen LogP contribution in [0.1, 0.15) is 31.9 Å². The van der Waals surface area contributed by atoms with Crippen molar-refractivity contribution >= 4 is 17.8 Å². The van der Waals surface area contributed by atoms with Crippen molar-refractivity contribution in [1.29, 1.82) is 0 Å². The number of carbonyl (C=O) groups is 3. The standard InChI is InChI=1S/C23H28N4O3/c1-22(2,3)24-19(28)15-26(4)16-27-20(29)23(25-21(27)30,17-11-7-5-8-12-17)18-13-9-6-10-14-18/h5-14H,15-16H2,1-4H3,(H,24,28)(H,25,30). The highest BCUT2D eigenvalue weighted by Crippen LogP contribution is 2.35. The van der Waals surface area contributed by atoms with Crippen molar-refractivity contribution in [3.63, 3.8) is 0 Å². The molecule has 0 spiro atoms. The van der Waals surface area contributed by atoms with E-state index in [1.54, 1.807) is 11.9 Å². The molecule has 2 aromatic carbocycles. The molecule has 7 heteroatoms. The predicted octanol–water partition coefficient (Wildman–Crippen LogP) is 2.29. The van der Waals surface area contributed by atoms with Crippen LogP contribution in [0.2, 0.25) is 0 Å². The van der Waals surface area contributed by atoms with E-state index in [1.165, 1.54) is 0 Å². The highest BCUT2D eigenvalue weighted by Gasteiger charge is 2.53. The fraction of sp³-hybridized carbons (Fsp3) is 0.348. The zero-order chi connectivity index (χ0) is 21.9. The minimum atomic E-state index is -1.30. The van der Waals surface area contributed by atoms with Crippen LogP contribution in [-0.4, -0.2) is 53.4 Å². The number of hydrogen-bond acceptors (Lipinski definition) is 4. The van der Waals surface area contributed by atoms with Gasteiger partial charge in [0, 0.05) is 5.54 Å². The molecule has 0 aromatic heterocycles. The molecule has 1 aliphatic rings. The zero-order valence-electron chi connectivity index (χ0n) is 17.8. The van der Waals surface area contributed by atoms with Crippen molar-refractivity contribution in [3.05, 3.63) is 71.8 Å². The number of benzene rings is 2. The normalized spacial score (nSPS) is 16.0. The van der Waals surface area contributed by atoms with E-state index in [9.17, 15) is 14.4 Å². The number of amides is 4. The maximum Gasteiger partial charge on any atom is 0.326 e. The molecule has 4 amide bonds. The third-order valence-corrected chi connectivity index (χ3v) is 4.83. The number of likely N-dealkylation sites (N-methyl/N-ethyl adjacent to an activating group) is 1. The minimum Gasteiger partial charge on any atom is -0.350 e. The summed E-state index contributed by atoms with van der Waals surface area (Å²) in [6.07, 6.45) is 0. The van der Waals surface area contributed by atoms with E-state index in [2.05, 4.69) is 10.6 Å². The Kier molecular flexibility index (Phi) is 5.94. The lowest BCUT2D eigenvalue weighted by Crippen LogP contribution is -2.49. The second-order valence-corrected chi connectivity index (χ2v) is 8.60. The van der Waals surface area contributed by atoms with Gasteiger partial charge in [-0.1, -0.05) is 60.7 Å². The van der Waals surface area contributed by atoms with Crippen LogP contribution in [-0.2, 0) is 15.1 Å². The first-order chi connectivity index (χ1) is 14.1. The molecule has 1 heterocycles. The van der Waals surface area contributed by atoms with Crippen LogP contribution in [0.5, 0.6) is 0 Å². The monoisotopic (exact) mass is 408 g/mol. The molecule has 158 valence electrons. The molecule has 7 nitrogen and oxygen atoms in total. The highest BCUT2D eigenvalue weighted by atomic mass is 16.2. The number of rotatable bonds is 6. The third kappa shape index (κ3) is 4.36. The predicted molar refractivity (Wildman–Crippen MR) is 114 cm³/mol. The fourth-order valence-electron chi connectivity index (χ4n) is 3.63. The highest BCUT2D eigenvalue weighted by molar-refractivity contribution is 6.09. The molecule has 0 unspecified atom stereocenters. The molecular weight excluding hydrogens is 380 g/mol. The molecule has 0 bridgehead atoms. The number of hydrogen-bond donors (Lipinski definition) is 2. The first-order valence-electron chi connectivity index (χ1n) is 9.88. The third-order valence-electron chi connectivity index (χ3n) is 4.83. The lowest BCUT2D eigenvalue weighted by molar-refractivity contribution is -0.133. The number of nitrogens with one attached hydrogen (secondary N) is 2. The van der Waals surface area contributed by atoms with Crippen LogP contribution in [0.15, 0.2) is 60.7 Å². The van der Waals surface area contributed by atoms with Gasteiger partial charge in [-0.25, -0.2) is 9.69 Å².